The molecule has 27 heavy (non-hydrogen) atoms. The molecule has 1 aromatic heterocycles. The number of rotatable bonds is 2. The molecule has 2 aliphatic rings. The standard InChI is InChI=1S/C24H18N2O/c27-24-22(17-10-4-1-5-11-17)23(18-12-6-2-7-13-18)26-20-15-9-3-8-14-19(20)16-21(26)25-24/h1-16,22-23H/t22-,23-/m0/s1. The molecule has 0 saturated carbocycles. The van der Waals surface area contributed by atoms with Crippen LogP contribution in [0.1, 0.15) is 28.7 Å². The first-order valence-electron chi connectivity index (χ1n) is 9.12. The second-order valence-corrected chi connectivity index (χ2v) is 6.82. The number of nitrogens with zero attached hydrogens (tertiary/aromatic N) is 2. The van der Waals surface area contributed by atoms with Gasteiger partial charge in [0.05, 0.1) is 17.3 Å². The molecular weight excluding hydrogens is 332 g/mol. The Balaban J connectivity index is 1.83. The minimum atomic E-state index is -0.345. The van der Waals surface area contributed by atoms with Crippen LogP contribution in [-0.2, 0) is 4.79 Å². The van der Waals surface area contributed by atoms with E-state index in [-0.39, 0.29) is 17.9 Å². The highest BCUT2D eigenvalue weighted by Gasteiger charge is 2.36. The monoisotopic (exact) mass is 350 g/mol. The van der Waals surface area contributed by atoms with E-state index in [0.29, 0.717) is 0 Å². The first-order chi connectivity index (χ1) is 13.3. The Hall–Kier alpha value is -3.46. The quantitative estimate of drug-likeness (QED) is 0.698. The maximum atomic E-state index is 13.1. The summed E-state index contributed by atoms with van der Waals surface area (Å²) in [6.45, 7) is 0. The SMILES string of the molecule is O=C1N=c2cc3c(n2[C@@H](c2ccccc2)[C@@H]1c1ccccc1)=CC=CC=C3. The third kappa shape index (κ3) is 2.59. The molecular formula is C24H18N2O. The molecule has 2 heterocycles. The molecule has 2 atom stereocenters. The fourth-order valence-corrected chi connectivity index (χ4v) is 4.05. The molecule has 0 fully saturated rings. The van der Waals surface area contributed by atoms with Crippen molar-refractivity contribution in [3.8, 4) is 0 Å². The van der Waals surface area contributed by atoms with E-state index >= 15 is 0 Å². The van der Waals surface area contributed by atoms with Gasteiger partial charge in [0.25, 0.3) is 5.91 Å². The summed E-state index contributed by atoms with van der Waals surface area (Å²) in [5.74, 6) is -0.433. The van der Waals surface area contributed by atoms with E-state index in [1.165, 1.54) is 0 Å². The number of allylic oxidation sites excluding steroid dienone is 3. The molecule has 1 aliphatic heterocycles. The molecule has 3 heteroatoms. The van der Waals surface area contributed by atoms with Crippen molar-refractivity contribution in [2.24, 2.45) is 4.99 Å². The van der Waals surface area contributed by atoms with Crippen molar-refractivity contribution in [3.05, 3.63) is 112 Å². The molecule has 1 aliphatic carbocycles. The maximum Gasteiger partial charge on any atom is 0.257 e. The summed E-state index contributed by atoms with van der Waals surface area (Å²) >= 11 is 0. The molecule has 0 bridgehead atoms. The highest BCUT2D eigenvalue weighted by molar-refractivity contribution is 5.86. The Morgan fingerprint density at radius 1 is 0.815 bits per heavy atom. The van der Waals surface area contributed by atoms with Gasteiger partial charge in [0, 0.05) is 5.56 Å². The maximum absolute atomic E-state index is 13.1. The number of hydrogen-bond acceptors (Lipinski definition) is 1. The third-order valence-corrected chi connectivity index (χ3v) is 5.22. The molecule has 3 aromatic rings. The molecule has 5 rings (SSSR count). The lowest BCUT2D eigenvalue weighted by Gasteiger charge is -2.30. The van der Waals surface area contributed by atoms with Crippen molar-refractivity contribution >= 4 is 18.1 Å². The smallest absolute Gasteiger partial charge is 0.257 e. The number of aromatic nitrogens is 1. The molecule has 0 N–H and O–H groups in total. The van der Waals surface area contributed by atoms with E-state index in [9.17, 15) is 4.79 Å². The minimum absolute atomic E-state index is 0.0882. The fourth-order valence-electron chi connectivity index (χ4n) is 4.05. The lowest BCUT2D eigenvalue weighted by Crippen LogP contribution is -2.42. The predicted octanol–water partition coefficient (Wildman–Crippen LogP) is 3.38. The summed E-state index contributed by atoms with van der Waals surface area (Å²) in [5.41, 5.74) is 3.91. The van der Waals surface area contributed by atoms with Crippen LogP contribution in [0.2, 0.25) is 0 Å². The minimum Gasteiger partial charge on any atom is -0.317 e. The van der Waals surface area contributed by atoms with E-state index in [1.807, 2.05) is 72.8 Å². The van der Waals surface area contributed by atoms with Crippen LogP contribution in [0.25, 0.3) is 12.2 Å². The lowest BCUT2D eigenvalue weighted by molar-refractivity contribution is -0.121. The number of amides is 1. The van der Waals surface area contributed by atoms with E-state index < -0.39 is 0 Å². The summed E-state index contributed by atoms with van der Waals surface area (Å²) in [7, 11) is 0. The summed E-state index contributed by atoms with van der Waals surface area (Å²) in [6, 6.07) is 22.1. The van der Waals surface area contributed by atoms with Gasteiger partial charge < -0.3 is 4.57 Å². The zero-order valence-corrected chi connectivity index (χ0v) is 14.7. The van der Waals surface area contributed by atoms with Gasteiger partial charge in [-0.15, -0.1) is 0 Å². The molecule has 0 radical (unpaired) electrons. The van der Waals surface area contributed by atoms with Crippen LogP contribution < -0.4 is 10.8 Å². The van der Waals surface area contributed by atoms with E-state index in [0.717, 1.165) is 27.5 Å². The predicted molar refractivity (Wildman–Crippen MR) is 107 cm³/mol. The molecule has 0 saturated heterocycles. The average molecular weight is 350 g/mol. The Morgan fingerprint density at radius 3 is 2.26 bits per heavy atom. The number of carbonyl (C=O) groups is 1. The second-order valence-electron chi connectivity index (χ2n) is 6.82. The molecule has 0 unspecified atom stereocenters. The van der Waals surface area contributed by atoms with Gasteiger partial charge >= 0.3 is 0 Å². The van der Waals surface area contributed by atoms with Crippen LogP contribution in [0.5, 0.6) is 0 Å². The van der Waals surface area contributed by atoms with Crippen molar-refractivity contribution in [2.75, 3.05) is 0 Å². The van der Waals surface area contributed by atoms with Crippen LogP contribution >= 0.6 is 0 Å². The zero-order valence-electron chi connectivity index (χ0n) is 14.7. The van der Waals surface area contributed by atoms with E-state index in [2.05, 4.69) is 33.8 Å². The topological polar surface area (TPSA) is 34.4 Å². The van der Waals surface area contributed by atoms with Crippen LogP contribution in [0.15, 0.2) is 90.0 Å². The van der Waals surface area contributed by atoms with Gasteiger partial charge in [-0.2, -0.15) is 4.99 Å². The van der Waals surface area contributed by atoms with Gasteiger partial charge in [-0.3, -0.25) is 4.79 Å². The Labute approximate surface area is 157 Å². The van der Waals surface area contributed by atoms with E-state index in [1.54, 1.807) is 0 Å². The van der Waals surface area contributed by atoms with Gasteiger partial charge in [0.15, 0.2) is 0 Å². The number of fused-ring (bicyclic) bond motifs is 3. The van der Waals surface area contributed by atoms with Crippen molar-refractivity contribution in [1.82, 2.24) is 4.57 Å². The number of benzene rings is 2. The van der Waals surface area contributed by atoms with Gasteiger partial charge in [-0.05, 0) is 23.3 Å². The van der Waals surface area contributed by atoms with E-state index in [4.69, 9.17) is 0 Å². The van der Waals surface area contributed by atoms with Crippen LogP contribution in [0.4, 0.5) is 0 Å². The first-order valence-corrected chi connectivity index (χ1v) is 9.12. The summed E-state index contributed by atoms with van der Waals surface area (Å²) in [4.78, 5) is 17.6. The van der Waals surface area contributed by atoms with Gasteiger partial charge in [0.2, 0.25) is 0 Å². The molecule has 2 aromatic carbocycles. The summed E-state index contributed by atoms with van der Waals surface area (Å²) < 4.78 is 2.21. The van der Waals surface area contributed by atoms with Crippen molar-refractivity contribution in [1.29, 1.82) is 0 Å². The van der Waals surface area contributed by atoms with Crippen molar-refractivity contribution in [2.45, 2.75) is 12.0 Å². The van der Waals surface area contributed by atoms with Crippen LogP contribution in [-0.4, -0.2) is 10.5 Å². The van der Waals surface area contributed by atoms with Gasteiger partial charge in [0.1, 0.15) is 5.49 Å². The summed E-state index contributed by atoms with van der Waals surface area (Å²) in [6.07, 6.45) is 10.2. The molecule has 130 valence electrons. The largest absolute Gasteiger partial charge is 0.317 e. The van der Waals surface area contributed by atoms with Crippen LogP contribution in [0.3, 0.4) is 0 Å². The normalized spacial score (nSPS) is 20.2. The fraction of sp³-hybridized carbons (Fsp3) is 0.0833. The third-order valence-electron chi connectivity index (χ3n) is 5.22. The molecule has 3 nitrogen and oxygen atoms in total. The zero-order chi connectivity index (χ0) is 18.2. The first kappa shape index (κ1) is 15.8. The van der Waals surface area contributed by atoms with Gasteiger partial charge in [-0.1, -0.05) is 85.0 Å². The van der Waals surface area contributed by atoms with Gasteiger partial charge in [-0.25, -0.2) is 0 Å². The van der Waals surface area contributed by atoms with Crippen molar-refractivity contribution < 1.29 is 4.79 Å². The number of hydrogen-bond donors (Lipinski definition) is 0. The highest BCUT2D eigenvalue weighted by Crippen LogP contribution is 2.35. The second kappa shape index (κ2) is 6.36. The summed E-state index contributed by atoms with van der Waals surface area (Å²) in [5, 5.41) is 1.08. The van der Waals surface area contributed by atoms with Crippen LogP contribution in [0, 0.1) is 0 Å². The number of carbonyl (C=O) groups excluding carboxylic acids is 1. The molecule has 0 spiro atoms. The Morgan fingerprint density at radius 2 is 1.52 bits per heavy atom. The Bertz CT molecular complexity index is 1180. The lowest BCUT2D eigenvalue weighted by atomic mass is 9.85. The average Bonchev–Trinajstić information content (AvgIpc) is 2.88. The highest BCUT2D eigenvalue weighted by atomic mass is 16.1. The Kier molecular flexibility index (Phi) is 3.72. The molecule has 1 amide bonds. The van der Waals surface area contributed by atoms with Crippen molar-refractivity contribution in [3.63, 3.8) is 0 Å².